The van der Waals surface area contributed by atoms with Crippen LogP contribution >= 0.6 is 0 Å². The van der Waals surface area contributed by atoms with Gasteiger partial charge in [-0.1, -0.05) is 97.1 Å². The lowest BCUT2D eigenvalue weighted by Crippen LogP contribution is -2.35. The molecule has 0 aliphatic carbocycles. The van der Waals surface area contributed by atoms with Crippen LogP contribution in [0.15, 0.2) is 115 Å². The molecule has 0 fully saturated rings. The van der Waals surface area contributed by atoms with Crippen LogP contribution in [0.5, 0.6) is 5.75 Å². The van der Waals surface area contributed by atoms with Gasteiger partial charge >= 0.3 is 5.97 Å². The Balaban J connectivity index is 1.94. The van der Waals surface area contributed by atoms with Crippen molar-refractivity contribution in [2.75, 3.05) is 0 Å². The highest BCUT2D eigenvalue weighted by Crippen LogP contribution is 2.41. The molecular formula is C26H20O3. The van der Waals surface area contributed by atoms with Crippen molar-refractivity contribution in [1.82, 2.24) is 0 Å². The zero-order valence-corrected chi connectivity index (χ0v) is 15.7. The summed E-state index contributed by atoms with van der Waals surface area (Å²) >= 11 is 0. The van der Waals surface area contributed by atoms with Crippen LogP contribution in [-0.4, -0.2) is 11.1 Å². The highest BCUT2D eigenvalue weighted by atomic mass is 16.6. The number of phenolic OH excluding ortho intramolecular Hbond substituents is 1. The fourth-order valence-electron chi connectivity index (χ4n) is 3.53. The van der Waals surface area contributed by atoms with Gasteiger partial charge in [0.1, 0.15) is 5.75 Å². The zero-order chi connectivity index (χ0) is 20.1. The van der Waals surface area contributed by atoms with Crippen molar-refractivity contribution in [2.24, 2.45) is 0 Å². The Morgan fingerprint density at radius 2 is 1.07 bits per heavy atom. The minimum absolute atomic E-state index is 0.0178. The predicted octanol–water partition coefficient (Wildman–Crippen LogP) is 5.54. The fraction of sp³-hybridized carbons (Fsp3) is 0.0385. The van der Waals surface area contributed by atoms with Crippen LogP contribution in [0.4, 0.5) is 0 Å². The summed E-state index contributed by atoms with van der Waals surface area (Å²) in [5, 5.41) is 9.80. The van der Waals surface area contributed by atoms with Gasteiger partial charge in [0.05, 0.1) is 5.56 Å². The number of rotatable bonds is 5. The fourth-order valence-corrected chi connectivity index (χ4v) is 3.53. The highest BCUT2D eigenvalue weighted by molar-refractivity contribution is 5.90. The van der Waals surface area contributed by atoms with Crippen LogP contribution < -0.4 is 0 Å². The zero-order valence-electron chi connectivity index (χ0n) is 15.7. The third-order valence-electron chi connectivity index (χ3n) is 4.87. The first-order chi connectivity index (χ1) is 14.2. The first-order valence-corrected chi connectivity index (χ1v) is 9.39. The van der Waals surface area contributed by atoms with Gasteiger partial charge in [0.15, 0.2) is 5.60 Å². The molecule has 0 spiro atoms. The second-order valence-electron chi connectivity index (χ2n) is 6.72. The smallest absolute Gasteiger partial charge is 0.339 e. The van der Waals surface area contributed by atoms with Gasteiger partial charge in [-0.25, -0.2) is 4.79 Å². The maximum atomic E-state index is 13.2. The summed E-state index contributed by atoms with van der Waals surface area (Å²) in [7, 11) is 0. The van der Waals surface area contributed by atoms with Crippen molar-refractivity contribution in [3.05, 3.63) is 138 Å². The van der Waals surface area contributed by atoms with Gasteiger partial charge in [-0.2, -0.15) is 0 Å². The second kappa shape index (κ2) is 8.03. The van der Waals surface area contributed by atoms with Crippen molar-refractivity contribution in [3.8, 4) is 5.75 Å². The Morgan fingerprint density at radius 1 is 0.621 bits per heavy atom. The van der Waals surface area contributed by atoms with E-state index in [1.54, 1.807) is 12.1 Å². The maximum Gasteiger partial charge on any atom is 0.339 e. The molecule has 0 amide bonds. The van der Waals surface area contributed by atoms with E-state index >= 15 is 0 Å². The quantitative estimate of drug-likeness (QED) is 0.365. The second-order valence-corrected chi connectivity index (χ2v) is 6.72. The molecule has 0 saturated heterocycles. The van der Waals surface area contributed by atoms with Crippen molar-refractivity contribution in [1.29, 1.82) is 0 Å². The molecule has 3 nitrogen and oxygen atoms in total. The first-order valence-electron chi connectivity index (χ1n) is 9.39. The molecule has 4 aromatic carbocycles. The number of esters is 1. The van der Waals surface area contributed by atoms with Gasteiger partial charge in [0.2, 0.25) is 0 Å². The topological polar surface area (TPSA) is 46.5 Å². The summed E-state index contributed by atoms with van der Waals surface area (Å²) < 4.78 is 6.29. The van der Waals surface area contributed by atoms with Gasteiger partial charge in [-0.05, 0) is 18.2 Å². The van der Waals surface area contributed by atoms with Crippen molar-refractivity contribution < 1.29 is 14.6 Å². The Bertz CT molecular complexity index is 994. The van der Waals surface area contributed by atoms with E-state index in [9.17, 15) is 9.90 Å². The number of hydrogen-bond donors (Lipinski definition) is 1. The van der Waals surface area contributed by atoms with Crippen LogP contribution in [0.3, 0.4) is 0 Å². The van der Waals surface area contributed by atoms with Crippen molar-refractivity contribution in [3.63, 3.8) is 0 Å². The average Bonchev–Trinajstić information content (AvgIpc) is 2.79. The van der Waals surface area contributed by atoms with Crippen LogP contribution in [0.25, 0.3) is 0 Å². The molecule has 3 heteroatoms. The lowest BCUT2D eigenvalue weighted by Gasteiger charge is -2.35. The summed E-state index contributed by atoms with van der Waals surface area (Å²) in [5.74, 6) is -0.498. The predicted molar refractivity (Wildman–Crippen MR) is 113 cm³/mol. The minimum atomic E-state index is -1.13. The SMILES string of the molecule is O=C(OC(c1ccccc1)(c1ccccc1)c1ccccc1)c1cccc(O)c1. The number of benzene rings is 4. The minimum Gasteiger partial charge on any atom is -0.508 e. The van der Waals surface area contributed by atoms with Crippen LogP contribution in [-0.2, 0) is 10.3 Å². The highest BCUT2D eigenvalue weighted by Gasteiger charge is 2.40. The van der Waals surface area contributed by atoms with Gasteiger partial charge in [0.25, 0.3) is 0 Å². The molecule has 0 aromatic heterocycles. The third kappa shape index (κ3) is 3.63. The normalized spacial score (nSPS) is 11.0. The Labute approximate surface area is 169 Å². The molecule has 0 radical (unpaired) electrons. The van der Waals surface area contributed by atoms with Gasteiger partial charge in [-0.15, -0.1) is 0 Å². The van der Waals surface area contributed by atoms with E-state index in [1.165, 1.54) is 12.1 Å². The van der Waals surface area contributed by atoms with E-state index in [0.29, 0.717) is 0 Å². The summed E-state index contributed by atoms with van der Waals surface area (Å²) in [6.45, 7) is 0. The molecule has 0 unspecified atom stereocenters. The molecule has 4 aromatic rings. The van der Waals surface area contributed by atoms with E-state index in [0.717, 1.165) is 16.7 Å². The lowest BCUT2D eigenvalue weighted by atomic mass is 9.80. The van der Waals surface area contributed by atoms with E-state index in [2.05, 4.69) is 0 Å². The van der Waals surface area contributed by atoms with Crippen molar-refractivity contribution >= 4 is 5.97 Å². The maximum absolute atomic E-state index is 13.2. The van der Waals surface area contributed by atoms with Gasteiger partial charge in [-0.3, -0.25) is 0 Å². The van der Waals surface area contributed by atoms with Gasteiger partial charge in [0, 0.05) is 16.7 Å². The monoisotopic (exact) mass is 380 g/mol. The average molecular weight is 380 g/mol. The Kier molecular flexibility index (Phi) is 5.12. The molecule has 0 atom stereocenters. The number of ether oxygens (including phenoxy) is 1. The molecule has 0 heterocycles. The number of phenols is 1. The molecule has 0 aliphatic rings. The largest absolute Gasteiger partial charge is 0.508 e. The van der Waals surface area contributed by atoms with Crippen LogP contribution in [0.2, 0.25) is 0 Å². The van der Waals surface area contributed by atoms with E-state index in [1.807, 2.05) is 91.0 Å². The summed E-state index contributed by atoms with van der Waals surface area (Å²) in [6, 6.07) is 35.3. The van der Waals surface area contributed by atoms with E-state index in [4.69, 9.17) is 4.74 Å². The van der Waals surface area contributed by atoms with Crippen molar-refractivity contribution in [2.45, 2.75) is 5.60 Å². The Hall–Kier alpha value is -3.85. The van der Waals surface area contributed by atoms with Crippen LogP contribution in [0.1, 0.15) is 27.0 Å². The Morgan fingerprint density at radius 3 is 1.48 bits per heavy atom. The van der Waals surface area contributed by atoms with E-state index in [-0.39, 0.29) is 11.3 Å². The molecule has 1 N–H and O–H groups in total. The molecule has 0 aliphatic heterocycles. The molecule has 4 rings (SSSR count). The van der Waals surface area contributed by atoms with Gasteiger partial charge < -0.3 is 9.84 Å². The van der Waals surface area contributed by atoms with E-state index < -0.39 is 11.6 Å². The summed E-state index contributed by atoms with van der Waals surface area (Å²) in [4.78, 5) is 13.2. The summed E-state index contributed by atoms with van der Waals surface area (Å²) in [6.07, 6.45) is 0. The number of carbonyl (C=O) groups is 1. The molecular weight excluding hydrogens is 360 g/mol. The number of carbonyl (C=O) groups excluding carboxylic acids is 1. The molecule has 0 bridgehead atoms. The lowest BCUT2D eigenvalue weighted by molar-refractivity contribution is 0.0141. The van der Waals surface area contributed by atoms with Crippen LogP contribution in [0, 0.1) is 0 Å². The summed E-state index contributed by atoms with van der Waals surface area (Å²) in [5.41, 5.74) is 1.67. The molecule has 142 valence electrons. The number of aromatic hydroxyl groups is 1. The number of hydrogen-bond acceptors (Lipinski definition) is 3. The first kappa shape index (κ1) is 18.5. The molecule has 0 saturated carbocycles. The third-order valence-corrected chi connectivity index (χ3v) is 4.87. The molecule has 29 heavy (non-hydrogen) atoms. The standard InChI is InChI=1S/C26H20O3/c27-24-18-10-11-20(19-24)25(28)29-26(21-12-4-1-5-13-21,22-14-6-2-7-15-22)23-16-8-3-9-17-23/h1-19,27H.